The summed E-state index contributed by atoms with van der Waals surface area (Å²) in [6.07, 6.45) is -1.68. The van der Waals surface area contributed by atoms with Gasteiger partial charge in [-0.05, 0) is 32.9 Å². The standard InChI is InChI=1S/C14H20O6S/c1-10-4-6-11(7-5-10)21(16,17)19-8-12(15)13-9-18-14(2,3)20-13/h4-7,12-13,15H,8-9H2,1-3H3/t12?,13-/m1/s1. The van der Waals surface area contributed by atoms with Gasteiger partial charge in [0.1, 0.15) is 12.2 Å². The van der Waals surface area contributed by atoms with Crippen molar-refractivity contribution in [3.63, 3.8) is 0 Å². The monoisotopic (exact) mass is 316 g/mol. The van der Waals surface area contributed by atoms with Crippen molar-refractivity contribution in [2.45, 2.75) is 43.7 Å². The maximum absolute atomic E-state index is 12.0. The first-order valence-electron chi connectivity index (χ1n) is 6.65. The highest BCUT2D eigenvalue weighted by atomic mass is 32.2. The second-order valence-electron chi connectivity index (χ2n) is 5.49. The lowest BCUT2D eigenvalue weighted by Gasteiger charge is -2.20. The Labute approximate surface area is 124 Å². The van der Waals surface area contributed by atoms with Gasteiger partial charge in [0, 0.05) is 0 Å². The summed E-state index contributed by atoms with van der Waals surface area (Å²) in [5, 5.41) is 9.94. The Hall–Kier alpha value is -0.990. The summed E-state index contributed by atoms with van der Waals surface area (Å²) in [7, 11) is -3.89. The van der Waals surface area contributed by atoms with Crippen LogP contribution in [0.15, 0.2) is 29.2 Å². The molecule has 0 saturated carbocycles. The van der Waals surface area contributed by atoms with Gasteiger partial charge >= 0.3 is 0 Å². The minimum atomic E-state index is -3.89. The van der Waals surface area contributed by atoms with E-state index in [0.717, 1.165) is 5.56 Å². The summed E-state index contributed by atoms with van der Waals surface area (Å²) < 4.78 is 39.6. The Kier molecular flexibility index (Phi) is 4.69. The van der Waals surface area contributed by atoms with Crippen LogP contribution >= 0.6 is 0 Å². The Morgan fingerprint density at radius 1 is 1.38 bits per heavy atom. The van der Waals surface area contributed by atoms with Crippen LogP contribution in [0.25, 0.3) is 0 Å². The van der Waals surface area contributed by atoms with E-state index in [2.05, 4.69) is 0 Å². The number of aliphatic hydroxyl groups excluding tert-OH is 1. The Morgan fingerprint density at radius 3 is 2.52 bits per heavy atom. The van der Waals surface area contributed by atoms with E-state index < -0.39 is 28.1 Å². The zero-order valence-corrected chi connectivity index (χ0v) is 13.1. The summed E-state index contributed by atoms with van der Waals surface area (Å²) in [6.45, 7) is 5.13. The Bertz CT molecular complexity index is 578. The molecule has 0 aromatic heterocycles. The van der Waals surface area contributed by atoms with Crippen molar-refractivity contribution in [2.24, 2.45) is 0 Å². The first-order valence-corrected chi connectivity index (χ1v) is 8.06. The van der Waals surface area contributed by atoms with Crippen LogP contribution < -0.4 is 0 Å². The SMILES string of the molecule is Cc1ccc(S(=O)(=O)OCC(O)[C@H]2COC(C)(C)O2)cc1. The van der Waals surface area contributed by atoms with E-state index in [9.17, 15) is 13.5 Å². The zero-order chi connectivity index (χ0) is 15.7. The Morgan fingerprint density at radius 2 is 2.00 bits per heavy atom. The van der Waals surface area contributed by atoms with E-state index >= 15 is 0 Å². The fourth-order valence-corrected chi connectivity index (χ4v) is 2.87. The second kappa shape index (κ2) is 6.02. The predicted molar refractivity (Wildman–Crippen MR) is 75.2 cm³/mol. The zero-order valence-electron chi connectivity index (χ0n) is 12.3. The largest absolute Gasteiger partial charge is 0.388 e. The highest BCUT2D eigenvalue weighted by Crippen LogP contribution is 2.24. The molecule has 1 aliphatic heterocycles. The number of aryl methyl sites for hydroxylation is 1. The van der Waals surface area contributed by atoms with Gasteiger partial charge in [0.15, 0.2) is 5.79 Å². The molecule has 1 aliphatic rings. The number of hydrogen-bond acceptors (Lipinski definition) is 6. The maximum Gasteiger partial charge on any atom is 0.297 e. The lowest BCUT2D eigenvalue weighted by atomic mass is 10.2. The molecule has 0 bridgehead atoms. The highest BCUT2D eigenvalue weighted by molar-refractivity contribution is 7.86. The van der Waals surface area contributed by atoms with Gasteiger partial charge in [0.05, 0.1) is 18.1 Å². The molecule has 0 spiro atoms. The maximum atomic E-state index is 12.0. The average Bonchev–Trinajstić information content (AvgIpc) is 2.77. The van der Waals surface area contributed by atoms with E-state index in [1.165, 1.54) is 12.1 Å². The summed E-state index contributed by atoms with van der Waals surface area (Å²) in [6, 6.07) is 6.30. The van der Waals surface area contributed by atoms with Crippen molar-refractivity contribution >= 4 is 10.1 Å². The van der Waals surface area contributed by atoms with E-state index in [-0.39, 0.29) is 18.1 Å². The van der Waals surface area contributed by atoms with Crippen molar-refractivity contribution < 1.29 is 27.2 Å². The van der Waals surface area contributed by atoms with Gasteiger partial charge in [-0.2, -0.15) is 8.42 Å². The number of ether oxygens (including phenoxy) is 2. The summed E-state index contributed by atoms with van der Waals surface area (Å²) in [5.74, 6) is -0.776. The molecule has 1 saturated heterocycles. The van der Waals surface area contributed by atoms with Gasteiger partial charge < -0.3 is 14.6 Å². The molecule has 0 aliphatic carbocycles. The van der Waals surface area contributed by atoms with E-state index in [1.54, 1.807) is 26.0 Å². The number of hydrogen-bond donors (Lipinski definition) is 1. The third-order valence-electron chi connectivity index (χ3n) is 3.16. The van der Waals surface area contributed by atoms with Crippen LogP contribution in [0.3, 0.4) is 0 Å². The van der Waals surface area contributed by atoms with Crippen LogP contribution in [0.2, 0.25) is 0 Å². The molecule has 7 heteroatoms. The predicted octanol–water partition coefficient (Wildman–Crippen LogP) is 1.21. The van der Waals surface area contributed by atoms with E-state index in [0.29, 0.717) is 0 Å². The van der Waals surface area contributed by atoms with Gasteiger partial charge in [-0.3, -0.25) is 4.18 Å². The molecule has 1 aromatic carbocycles. The number of aliphatic hydroxyl groups is 1. The van der Waals surface area contributed by atoms with Crippen LogP contribution in [-0.2, 0) is 23.8 Å². The molecular formula is C14H20O6S. The van der Waals surface area contributed by atoms with E-state index in [4.69, 9.17) is 13.7 Å². The van der Waals surface area contributed by atoms with Gasteiger partial charge in [0.25, 0.3) is 10.1 Å². The molecule has 2 atom stereocenters. The molecule has 0 amide bonds. The van der Waals surface area contributed by atoms with Crippen molar-refractivity contribution in [2.75, 3.05) is 13.2 Å². The van der Waals surface area contributed by atoms with Crippen molar-refractivity contribution in [3.05, 3.63) is 29.8 Å². The first-order chi connectivity index (χ1) is 9.70. The minimum absolute atomic E-state index is 0.0595. The smallest absolute Gasteiger partial charge is 0.297 e. The lowest BCUT2D eigenvalue weighted by Crippen LogP contribution is -2.34. The van der Waals surface area contributed by atoms with Crippen LogP contribution in [0, 0.1) is 6.92 Å². The molecule has 0 radical (unpaired) electrons. The lowest BCUT2D eigenvalue weighted by molar-refractivity contribution is -0.152. The number of benzene rings is 1. The molecule has 6 nitrogen and oxygen atoms in total. The summed E-state index contributed by atoms with van der Waals surface area (Å²) in [5.41, 5.74) is 0.952. The number of rotatable bonds is 5. The van der Waals surface area contributed by atoms with Crippen molar-refractivity contribution in [1.82, 2.24) is 0 Å². The molecule has 1 aromatic rings. The molecule has 1 N–H and O–H groups in total. The topological polar surface area (TPSA) is 82.1 Å². The van der Waals surface area contributed by atoms with Gasteiger partial charge in [0.2, 0.25) is 0 Å². The van der Waals surface area contributed by atoms with Crippen molar-refractivity contribution in [1.29, 1.82) is 0 Å². The van der Waals surface area contributed by atoms with E-state index in [1.807, 2.05) is 6.92 Å². The van der Waals surface area contributed by atoms with Crippen molar-refractivity contribution in [3.8, 4) is 0 Å². The summed E-state index contributed by atoms with van der Waals surface area (Å²) >= 11 is 0. The molecule has 1 heterocycles. The molecule has 118 valence electrons. The highest BCUT2D eigenvalue weighted by Gasteiger charge is 2.37. The normalized spacial score (nSPS) is 23.1. The van der Waals surface area contributed by atoms with Crippen LogP contribution in [-0.4, -0.2) is 44.7 Å². The molecule has 2 rings (SSSR count). The van der Waals surface area contributed by atoms with Crippen LogP contribution in [0.1, 0.15) is 19.4 Å². The average molecular weight is 316 g/mol. The fraction of sp³-hybridized carbons (Fsp3) is 0.571. The van der Waals surface area contributed by atoms with Gasteiger partial charge in [-0.1, -0.05) is 17.7 Å². The van der Waals surface area contributed by atoms with Crippen LogP contribution in [0.4, 0.5) is 0 Å². The molecule has 1 unspecified atom stereocenters. The third-order valence-corrected chi connectivity index (χ3v) is 4.46. The van der Waals surface area contributed by atoms with Gasteiger partial charge in [-0.15, -0.1) is 0 Å². The Balaban J connectivity index is 1.94. The summed E-state index contributed by atoms with van der Waals surface area (Å²) in [4.78, 5) is 0.0595. The molecular weight excluding hydrogens is 296 g/mol. The second-order valence-corrected chi connectivity index (χ2v) is 7.10. The van der Waals surface area contributed by atoms with Gasteiger partial charge in [-0.25, -0.2) is 0 Å². The first kappa shape index (κ1) is 16.4. The quantitative estimate of drug-likeness (QED) is 0.822. The molecule has 1 fully saturated rings. The van der Waals surface area contributed by atoms with Crippen LogP contribution in [0.5, 0.6) is 0 Å². The minimum Gasteiger partial charge on any atom is -0.388 e. The molecule has 21 heavy (non-hydrogen) atoms. The third kappa shape index (κ3) is 4.24. The fourth-order valence-electron chi connectivity index (χ4n) is 1.94.